The molecular weight excluding hydrogens is 248 g/mol. The summed E-state index contributed by atoms with van der Waals surface area (Å²) in [7, 11) is -3.94. The van der Waals surface area contributed by atoms with E-state index in [4.69, 9.17) is 5.11 Å². The number of nitrogens with one attached hydrogen (secondary N) is 1. The number of aliphatic carboxylic acids is 1. The van der Waals surface area contributed by atoms with Crippen LogP contribution < -0.4 is 10.3 Å². The van der Waals surface area contributed by atoms with Crippen LogP contribution in [0, 0.1) is 0 Å². The van der Waals surface area contributed by atoms with Gasteiger partial charge in [0.2, 0.25) is 10.0 Å². The van der Waals surface area contributed by atoms with Crippen LogP contribution in [0.2, 0.25) is 0 Å². The Labute approximate surface area is 97.7 Å². The van der Waals surface area contributed by atoms with E-state index in [9.17, 15) is 18.0 Å². The number of rotatable bonds is 5. The van der Waals surface area contributed by atoms with E-state index in [0.29, 0.717) is 6.54 Å². The Morgan fingerprint density at radius 2 is 2.12 bits per heavy atom. The summed E-state index contributed by atoms with van der Waals surface area (Å²) in [5.74, 6) is -2.46. The second-order valence-corrected chi connectivity index (χ2v) is 5.02. The van der Waals surface area contributed by atoms with Crippen molar-refractivity contribution < 1.29 is 18.3 Å². The zero-order valence-corrected chi connectivity index (χ0v) is 9.90. The van der Waals surface area contributed by atoms with Gasteiger partial charge >= 0.3 is 5.97 Å². The molecule has 0 bridgehead atoms. The van der Waals surface area contributed by atoms with Crippen LogP contribution in [0.3, 0.4) is 0 Å². The fourth-order valence-electron chi connectivity index (χ4n) is 1.22. The zero-order chi connectivity index (χ0) is 13.1. The number of nitrogens with zero attached hydrogens (tertiary/aromatic N) is 1. The molecule has 0 spiro atoms. The third-order valence-corrected chi connectivity index (χ3v) is 3.08. The SMILES string of the molecule is CCn1cc(NS(=O)(=O)CC(=O)O)ccc1=O. The third kappa shape index (κ3) is 3.91. The van der Waals surface area contributed by atoms with E-state index in [1.807, 2.05) is 0 Å². The molecule has 0 aliphatic rings. The standard InChI is InChI=1S/C9H12N2O5S/c1-2-11-5-7(3-4-8(11)12)10-17(15,16)6-9(13)14/h3-5,10H,2,6H2,1H3,(H,13,14). The highest BCUT2D eigenvalue weighted by atomic mass is 32.2. The largest absolute Gasteiger partial charge is 0.480 e. The van der Waals surface area contributed by atoms with E-state index < -0.39 is 21.7 Å². The molecule has 0 atom stereocenters. The minimum atomic E-state index is -3.94. The van der Waals surface area contributed by atoms with Crippen molar-refractivity contribution in [3.8, 4) is 0 Å². The summed E-state index contributed by atoms with van der Waals surface area (Å²) in [6.45, 7) is 2.13. The first-order valence-corrected chi connectivity index (χ1v) is 6.42. The fourth-order valence-corrected chi connectivity index (χ4v) is 2.09. The lowest BCUT2D eigenvalue weighted by atomic mass is 10.4. The van der Waals surface area contributed by atoms with E-state index in [-0.39, 0.29) is 11.2 Å². The quantitative estimate of drug-likeness (QED) is 0.755. The molecule has 1 aromatic heterocycles. The molecule has 0 aliphatic heterocycles. The van der Waals surface area contributed by atoms with Crippen LogP contribution in [0.25, 0.3) is 0 Å². The van der Waals surface area contributed by atoms with Crippen LogP contribution in [0.5, 0.6) is 0 Å². The Morgan fingerprint density at radius 3 is 2.65 bits per heavy atom. The first-order chi connectivity index (χ1) is 7.84. The summed E-state index contributed by atoms with van der Waals surface area (Å²) < 4.78 is 26.0. The number of carboxylic acid groups (broad SMARTS) is 1. The smallest absolute Gasteiger partial charge is 0.320 e. The molecule has 0 radical (unpaired) electrons. The number of anilines is 1. The Kier molecular flexibility index (Phi) is 3.89. The minimum absolute atomic E-state index is 0.160. The van der Waals surface area contributed by atoms with Gasteiger partial charge in [0, 0.05) is 18.8 Å². The molecule has 2 N–H and O–H groups in total. The number of carbonyl (C=O) groups is 1. The van der Waals surface area contributed by atoms with E-state index in [1.54, 1.807) is 6.92 Å². The first kappa shape index (κ1) is 13.2. The summed E-state index contributed by atoms with van der Waals surface area (Å²) in [6, 6.07) is 2.50. The fraction of sp³-hybridized carbons (Fsp3) is 0.333. The van der Waals surface area contributed by atoms with Crippen LogP contribution in [-0.2, 0) is 21.4 Å². The van der Waals surface area contributed by atoms with Crippen molar-refractivity contribution in [3.05, 3.63) is 28.7 Å². The van der Waals surface area contributed by atoms with Crippen molar-refractivity contribution in [3.63, 3.8) is 0 Å². The predicted octanol–water partition coefficient (Wildman–Crippen LogP) is -0.306. The lowest BCUT2D eigenvalue weighted by Gasteiger charge is -2.08. The molecule has 1 heterocycles. The molecule has 0 amide bonds. The normalized spacial score (nSPS) is 11.1. The molecule has 1 rings (SSSR count). The van der Waals surface area contributed by atoms with Gasteiger partial charge in [0.1, 0.15) is 0 Å². The van der Waals surface area contributed by atoms with Gasteiger partial charge in [0.05, 0.1) is 5.69 Å². The summed E-state index contributed by atoms with van der Waals surface area (Å²) in [4.78, 5) is 21.5. The van der Waals surface area contributed by atoms with Gasteiger partial charge in [-0.1, -0.05) is 0 Å². The van der Waals surface area contributed by atoms with Crippen LogP contribution in [-0.4, -0.2) is 29.8 Å². The molecule has 94 valence electrons. The predicted molar refractivity (Wildman–Crippen MR) is 61.4 cm³/mol. The Hall–Kier alpha value is -1.83. The lowest BCUT2D eigenvalue weighted by molar-refractivity contribution is -0.134. The molecule has 0 aromatic carbocycles. The number of hydrogen-bond acceptors (Lipinski definition) is 4. The van der Waals surface area contributed by atoms with Crippen molar-refractivity contribution in [2.24, 2.45) is 0 Å². The third-order valence-electron chi connectivity index (χ3n) is 1.91. The Bertz CT molecular complexity index is 575. The number of aryl methyl sites for hydroxylation is 1. The summed E-state index contributed by atoms with van der Waals surface area (Å²) >= 11 is 0. The molecule has 0 fully saturated rings. The van der Waals surface area contributed by atoms with Crippen molar-refractivity contribution in [1.82, 2.24) is 4.57 Å². The number of sulfonamides is 1. The van der Waals surface area contributed by atoms with Gasteiger partial charge in [0.15, 0.2) is 5.75 Å². The lowest BCUT2D eigenvalue weighted by Crippen LogP contribution is -2.24. The van der Waals surface area contributed by atoms with Crippen LogP contribution in [0.1, 0.15) is 6.92 Å². The second kappa shape index (κ2) is 5.00. The highest BCUT2D eigenvalue weighted by Gasteiger charge is 2.15. The number of carboxylic acids is 1. The van der Waals surface area contributed by atoms with Crippen LogP contribution in [0.15, 0.2) is 23.1 Å². The van der Waals surface area contributed by atoms with Gasteiger partial charge in [0.25, 0.3) is 5.56 Å². The molecular formula is C9H12N2O5S. The summed E-state index contributed by atoms with van der Waals surface area (Å²) in [6.07, 6.45) is 1.32. The molecule has 0 aliphatic carbocycles. The molecule has 0 saturated heterocycles. The van der Waals surface area contributed by atoms with Crippen molar-refractivity contribution in [1.29, 1.82) is 0 Å². The number of aromatic nitrogens is 1. The van der Waals surface area contributed by atoms with Gasteiger partial charge in [-0.3, -0.25) is 14.3 Å². The van der Waals surface area contributed by atoms with Crippen molar-refractivity contribution in [2.45, 2.75) is 13.5 Å². The van der Waals surface area contributed by atoms with Gasteiger partial charge in [-0.15, -0.1) is 0 Å². The maximum absolute atomic E-state index is 11.3. The average molecular weight is 260 g/mol. The molecule has 7 nitrogen and oxygen atoms in total. The topological polar surface area (TPSA) is 105 Å². The van der Waals surface area contributed by atoms with E-state index in [2.05, 4.69) is 4.72 Å². The molecule has 0 saturated carbocycles. The molecule has 0 unspecified atom stereocenters. The zero-order valence-electron chi connectivity index (χ0n) is 9.08. The van der Waals surface area contributed by atoms with Gasteiger partial charge in [-0.25, -0.2) is 8.42 Å². The average Bonchev–Trinajstić information content (AvgIpc) is 2.18. The van der Waals surface area contributed by atoms with Crippen LogP contribution >= 0.6 is 0 Å². The van der Waals surface area contributed by atoms with Crippen LogP contribution in [0.4, 0.5) is 5.69 Å². The first-order valence-electron chi connectivity index (χ1n) is 4.77. The summed E-state index contributed by atoms with van der Waals surface area (Å²) in [5, 5.41) is 8.40. The highest BCUT2D eigenvalue weighted by Crippen LogP contribution is 2.06. The number of hydrogen-bond donors (Lipinski definition) is 2. The van der Waals surface area contributed by atoms with Crippen molar-refractivity contribution >= 4 is 21.7 Å². The minimum Gasteiger partial charge on any atom is -0.480 e. The molecule has 8 heteroatoms. The van der Waals surface area contributed by atoms with Gasteiger partial charge < -0.3 is 9.67 Å². The monoisotopic (exact) mass is 260 g/mol. The van der Waals surface area contributed by atoms with Crippen molar-refractivity contribution in [2.75, 3.05) is 10.5 Å². The van der Waals surface area contributed by atoms with E-state index in [1.165, 1.54) is 22.9 Å². The maximum atomic E-state index is 11.3. The molecule has 17 heavy (non-hydrogen) atoms. The van der Waals surface area contributed by atoms with E-state index >= 15 is 0 Å². The Balaban J connectivity index is 2.96. The van der Waals surface area contributed by atoms with Gasteiger partial charge in [-0.05, 0) is 13.0 Å². The highest BCUT2D eigenvalue weighted by molar-refractivity contribution is 7.93. The summed E-state index contributed by atoms with van der Waals surface area (Å²) in [5.41, 5.74) is -0.0959. The van der Waals surface area contributed by atoms with E-state index in [0.717, 1.165) is 0 Å². The second-order valence-electron chi connectivity index (χ2n) is 3.30. The molecule has 1 aromatic rings. The van der Waals surface area contributed by atoms with Gasteiger partial charge in [-0.2, -0.15) is 0 Å². The number of pyridine rings is 1. The maximum Gasteiger partial charge on any atom is 0.320 e. The Morgan fingerprint density at radius 1 is 1.47 bits per heavy atom.